The molecule has 0 saturated heterocycles. The summed E-state index contributed by atoms with van der Waals surface area (Å²) in [7, 11) is 0. The van der Waals surface area contributed by atoms with Crippen molar-refractivity contribution < 1.29 is 0 Å². The summed E-state index contributed by atoms with van der Waals surface area (Å²) in [5, 5.41) is 0. The van der Waals surface area contributed by atoms with Crippen LogP contribution >= 0.6 is 0 Å². The lowest BCUT2D eigenvalue weighted by Crippen LogP contribution is -2.30. The van der Waals surface area contributed by atoms with Gasteiger partial charge in [0.05, 0.1) is 0 Å². The number of hydrogen-bond acceptors (Lipinski definition) is 1. The number of benzene rings is 1. The van der Waals surface area contributed by atoms with Crippen LogP contribution in [0.25, 0.3) is 0 Å². The van der Waals surface area contributed by atoms with Gasteiger partial charge in [-0.3, -0.25) is 0 Å². The van der Waals surface area contributed by atoms with E-state index in [0.29, 0.717) is 0 Å². The Morgan fingerprint density at radius 2 is 2.20 bits per heavy atom. The molecule has 0 heterocycles. The second-order valence-corrected chi connectivity index (χ2v) is 4.67. The molecule has 82 valence electrons. The smallest absolute Gasteiger partial charge is 0.00430 e. The fourth-order valence-corrected chi connectivity index (χ4v) is 2.56. The summed E-state index contributed by atoms with van der Waals surface area (Å²) in [6.07, 6.45) is 5.08. The highest BCUT2D eigenvalue weighted by atomic mass is 14.6. The van der Waals surface area contributed by atoms with Gasteiger partial charge in [-0.1, -0.05) is 37.6 Å². The van der Waals surface area contributed by atoms with Crippen LogP contribution < -0.4 is 5.73 Å². The Hall–Kier alpha value is -0.820. The molecule has 0 spiro atoms. The first kappa shape index (κ1) is 10.7. The second kappa shape index (κ2) is 4.80. The summed E-state index contributed by atoms with van der Waals surface area (Å²) in [5.74, 6) is 1.48. The molecule has 2 N–H and O–H groups in total. The molecular weight excluding hydrogens is 182 g/mol. The van der Waals surface area contributed by atoms with E-state index in [1.165, 1.54) is 36.8 Å². The van der Waals surface area contributed by atoms with Crippen molar-refractivity contribution in [2.24, 2.45) is 11.7 Å². The zero-order valence-corrected chi connectivity index (χ0v) is 9.58. The first-order valence-corrected chi connectivity index (χ1v) is 6.14. The van der Waals surface area contributed by atoms with Crippen molar-refractivity contribution in [1.82, 2.24) is 0 Å². The molecule has 1 nitrogen and oxygen atoms in total. The summed E-state index contributed by atoms with van der Waals surface area (Å²) in [6.45, 7) is 3.08. The highest BCUT2D eigenvalue weighted by Crippen LogP contribution is 2.41. The van der Waals surface area contributed by atoms with Crippen LogP contribution in [0.4, 0.5) is 0 Å². The number of nitrogens with two attached hydrogens (primary N) is 1. The molecule has 1 aromatic carbocycles. The number of rotatable bonds is 4. The van der Waals surface area contributed by atoms with Crippen LogP contribution in [-0.4, -0.2) is 6.54 Å². The van der Waals surface area contributed by atoms with E-state index in [1.807, 2.05) is 0 Å². The minimum absolute atomic E-state index is 0.738. The van der Waals surface area contributed by atoms with Crippen LogP contribution in [0, 0.1) is 5.92 Å². The van der Waals surface area contributed by atoms with Crippen molar-refractivity contribution in [3.63, 3.8) is 0 Å². The summed E-state index contributed by atoms with van der Waals surface area (Å²) < 4.78 is 0. The summed E-state index contributed by atoms with van der Waals surface area (Å²) >= 11 is 0. The van der Waals surface area contributed by atoms with E-state index in [1.54, 1.807) is 0 Å². The average Bonchev–Trinajstić information content (AvgIpc) is 2.18. The molecule has 15 heavy (non-hydrogen) atoms. The van der Waals surface area contributed by atoms with E-state index < -0.39 is 0 Å². The molecule has 1 aliphatic rings. The third-order valence-corrected chi connectivity index (χ3v) is 3.64. The van der Waals surface area contributed by atoms with Crippen molar-refractivity contribution >= 4 is 0 Å². The lowest BCUT2D eigenvalue weighted by Gasteiger charge is -2.36. The van der Waals surface area contributed by atoms with Gasteiger partial charge >= 0.3 is 0 Å². The minimum atomic E-state index is 0.738. The van der Waals surface area contributed by atoms with Crippen molar-refractivity contribution in [2.45, 2.75) is 38.5 Å². The normalized spacial score (nSPS) is 24.9. The zero-order valence-electron chi connectivity index (χ0n) is 9.58. The van der Waals surface area contributed by atoms with Gasteiger partial charge in [-0.05, 0) is 48.8 Å². The maximum Gasteiger partial charge on any atom is -0.00430 e. The molecule has 1 fully saturated rings. The second-order valence-electron chi connectivity index (χ2n) is 4.67. The van der Waals surface area contributed by atoms with Gasteiger partial charge in [0.15, 0.2) is 0 Å². The molecule has 0 amide bonds. The first-order chi connectivity index (χ1) is 7.35. The van der Waals surface area contributed by atoms with Gasteiger partial charge in [-0.2, -0.15) is 0 Å². The maximum atomic E-state index is 5.76. The third kappa shape index (κ3) is 2.23. The monoisotopic (exact) mass is 203 g/mol. The largest absolute Gasteiger partial charge is 0.330 e. The third-order valence-electron chi connectivity index (χ3n) is 3.64. The van der Waals surface area contributed by atoms with E-state index >= 15 is 0 Å². The molecular formula is C14H21N. The van der Waals surface area contributed by atoms with Gasteiger partial charge in [-0.15, -0.1) is 0 Å². The van der Waals surface area contributed by atoms with Crippen LogP contribution in [0.1, 0.15) is 43.2 Å². The van der Waals surface area contributed by atoms with Crippen LogP contribution in [0.15, 0.2) is 24.3 Å². The number of aryl methyl sites for hydroxylation is 1. The van der Waals surface area contributed by atoms with Crippen molar-refractivity contribution in [1.29, 1.82) is 0 Å². The van der Waals surface area contributed by atoms with Gasteiger partial charge in [0, 0.05) is 0 Å². The Morgan fingerprint density at radius 1 is 1.33 bits per heavy atom. The average molecular weight is 203 g/mol. The van der Waals surface area contributed by atoms with Gasteiger partial charge < -0.3 is 5.73 Å². The lowest BCUT2D eigenvalue weighted by atomic mass is 9.70. The molecule has 1 aliphatic carbocycles. The highest BCUT2D eigenvalue weighted by Gasteiger charge is 2.30. The molecule has 1 heteroatoms. The number of hydrogen-bond donors (Lipinski definition) is 1. The molecule has 0 radical (unpaired) electrons. The molecule has 1 saturated carbocycles. The predicted octanol–water partition coefficient (Wildman–Crippen LogP) is 3.09. The van der Waals surface area contributed by atoms with E-state index in [9.17, 15) is 0 Å². The zero-order chi connectivity index (χ0) is 10.7. The van der Waals surface area contributed by atoms with Gasteiger partial charge in [0.1, 0.15) is 0 Å². The topological polar surface area (TPSA) is 26.0 Å². The fourth-order valence-electron chi connectivity index (χ4n) is 2.56. The first-order valence-electron chi connectivity index (χ1n) is 6.14. The van der Waals surface area contributed by atoms with Gasteiger partial charge in [-0.25, -0.2) is 0 Å². The summed E-state index contributed by atoms with van der Waals surface area (Å²) in [5.41, 5.74) is 8.76. The van der Waals surface area contributed by atoms with E-state index in [2.05, 4.69) is 31.2 Å². The Bertz CT molecular complexity index is 317. The van der Waals surface area contributed by atoms with Crippen molar-refractivity contribution in [3.05, 3.63) is 35.4 Å². The van der Waals surface area contributed by atoms with Gasteiger partial charge in [0.25, 0.3) is 0 Å². The van der Waals surface area contributed by atoms with E-state index in [4.69, 9.17) is 5.73 Å². The molecule has 0 bridgehead atoms. The Kier molecular flexibility index (Phi) is 3.42. The molecule has 0 aliphatic heterocycles. The SMILES string of the molecule is CCCc1cccc(C2CCC2CN)c1. The molecule has 2 unspecified atom stereocenters. The highest BCUT2D eigenvalue weighted by molar-refractivity contribution is 5.28. The molecule has 0 aromatic heterocycles. The van der Waals surface area contributed by atoms with Gasteiger partial charge in [0.2, 0.25) is 0 Å². The molecule has 1 aromatic rings. The Morgan fingerprint density at radius 3 is 2.80 bits per heavy atom. The molecule has 2 atom stereocenters. The lowest BCUT2D eigenvalue weighted by molar-refractivity contribution is 0.263. The van der Waals surface area contributed by atoms with Crippen LogP contribution in [-0.2, 0) is 6.42 Å². The fraction of sp³-hybridized carbons (Fsp3) is 0.571. The summed E-state index contributed by atoms with van der Waals surface area (Å²) in [6, 6.07) is 9.09. The standard InChI is InChI=1S/C14H21N/c1-2-4-11-5-3-6-12(9-11)14-8-7-13(14)10-15/h3,5-6,9,13-14H,2,4,7-8,10,15H2,1H3. The minimum Gasteiger partial charge on any atom is -0.330 e. The quantitative estimate of drug-likeness (QED) is 0.799. The van der Waals surface area contributed by atoms with Crippen molar-refractivity contribution in [2.75, 3.05) is 6.54 Å². The van der Waals surface area contributed by atoms with Crippen molar-refractivity contribution in [3.8, 4) is 0 Å². The van der Waals surface area contributed by atoms with Crippen LogP contribution in [0.2, 0.25) is 0 Å². The van der Waals surface area contributed by atoms with E-state index in [-0.39, 0.29) is 0 Å². The Balaban J connectivity index is 2.10. The summed E-state index contributed by atoms with van der Waals surface area (Å²) in [4.78, 5) is 0. The predicted molar refractivity (Wildman–Crippen MR) is 65.0 cm³/mol. The Labute approximate surface area is 92.7 Å². The van der Waals surface area contributed by atoms with E-state index in [0.717, 1.165) is 18.4 Å². The van der Waals surface area contributed by atoms with Crippen LogP contribution in [0.3, 0.4) is 0 Å². The van der Waals surface area contributed by atoms with Crippen LogP contribution in [0.5, 0.6) is 0 Å². The molecule has 2 rings (SSSR count). The maximum absolute atomic E-state index is 5.76.